The second kappa shape index (κ2) is 5.93. The number of ether oxygens (including phenoxy) is 1. The Balaban J connectivity index is 3.37. The molecule has 19 heavy (non-hydrogen) atoms. The van der Waals surface area contributed by atoms with Crippen molar-refractivity contribution in [2.75, 3.05) is 21.2 Å². The van der Waals surface area contributed by atoms with Crippen LogP contribution in [0, 0.1) is 0 Å². The van der Waals surface area contributed by atoms with E-state index in [1.165, 1.54) is 5.56 Å². The Kier molecular flexibility index (Phi) is 4.99. The van der Waals surface area contributed by atoms with Crippen molar-refractivity contribution in [1.29, 1.82) is 0 Å². The molecule has 1 aromatic rings. The maximum atomic E-state index is 6.16. The standard InChI is InChI=1S/C16H28N2O/c1-11(17)15(18(5)6)13-10-12(16(2,3)4)8-9-14(13)19-7/h8-11,15H,17H2,1-7H3. The van der Waals surface area contributed by atoms with Gasteiger partial charge in [0.25, 0.3) is 0 Å². The second-order valence-corrected chi connectivity index (χ2v) is 6.47. The molecule has 1 rings (SSSR count). The highest BCUT2D eigenvalue weighted by Gasteiger charge is 2.24. The summed E-state index contributed by atoms with van der Waals surface area (Å²) in [6, 6.07) is 6.61. The van der Waals surface area contributed by atoms with Crippen LogP contribution in [0.2, 0.25) is 0 Å². The molecule has 2 atom stereocenters. The molecule has 0 aromatic heterocycles. The lowest BCUT2D eigenvalue weighted by atomic mass is 9.84. The molecule has 0 saturated carbocycles. The minimum Gasteiger partial charge on any atom is -0.496 e. The van der Waals surface area contributed by atoms with Crippen molar-refractivity contribution >= 4 is 0 Å². The molecular weight excluding hydrogens is 236 g/mol. The third kappa shape index (κ3) is 3.71. The van der Waals surface area contributed by atoms with E-state index in [0.29, 0.717) is 0 Å². The number of nitrogens with two attached hydrogens (primary N) is 1. The lowest BCUT2D eigenvalue weighted by Crippen LogP contribution is -2.35. The highest BCUT2D eigenvalue weighted by Crippen LogP contribution is 2.34. The molecule has 3 nitrogen and oxygen atoms in total. The van der Waals surface area contributed by atoms with E-state index < -0.39 is 0 Å². The van der Waals surface area contributed by atoms with Gasteiger partial charge >= 0.3 is 0 Å². The topological polar surface area (TPSA) is 38.5 Å². The molecule has 1 aromatic carbocycles. The number of methoxy groups -OCH3 is 1. The van der Waals surface area contributed by atoms with Crippen LogP contribution < -0.4 is 10.5 Å². The van der Waals surface area contributed by atoms with Crippen LogP contribution in [0.1, 0.15) is 44.9 Å². The van der Waals surface area contributed by atoms with Gasteiger partial charge in [0.15, 0.2) is 0 Å². The molecule has 0 aliphatic carbocycles. The number of benzene rings is 1. The second-order valence-electron chi connectivity index (χ2n) is 6.47. The SMILES string of the molecule is COc1ccc(C(C)(C)C)cc1C(C(C)N)N(C)C. The van der Waals surface area contributed by atoms with Crippen LogP contribution >= 0.6 is 0 Å². The van der Waals surface area contributed by atoms with Gasteiger partial charge in [-0.3, -0.25) is 0 Å². The van der Waals surface area contributed by atoms with Crippen LogP contribution in [0.15, 0.2) is 18.2 Å². The fourth-order valence-corrected chi connectivity index (χ4v) is 2.46. The monoisotopic (exact) mass is 264 g/mol. The number of nitrogens with zero attached hydrogens (tertiary/aromatic N) is 1. The first-order valence-corrected chi connectivity index (χ1v) is 6.79. The Morgan fingerprint density at radius 1 is 1.21 bits per heavy atom. The maximum absolute atomic E-state index is 6.16. The van der Waals surface area contributed by atoms with Gasteiger partial charge in [0.2, 0.25) is 0 Å². The van der Waals surface area contributed by atoms with Gasteiger partial charge in [0.05, 0.1) is 13.2 Å². The van der Waals surface area contributed by atoms with Crippen LogP contribution in [0.5, 0.6) is 5.75 Å². The van der Waals surface area contributed by atoms with E-state index in [1.54, 1.807) is 7.11 Å². The van der Waals surface area contributed by atoms with Crippen molar-refractivity contribution in [2.45, 2.75) is 45.2 Å². The van der Waals surface area contributed by atoms with Crippen LogP contribution in [0.4, 0.5) is 0 Å². The first-order valence-electron chi connectivity index (χ1n) is 6.79. The van der Waals surface area contributed by atoms with E-state index in [-0.39, 0.29) is 17.5 Å². The largest absolute Gasteiger partial charge is 0.496 e. The third-order valence-corrected chi connectivity index (χ3v) is 3.47. The Labute approximate surface area is 117 Å². The van der Waals surface area contributed by atoms with E-state index in [9.17, 15) is 0 Å². The predicted octanol–water partition coefficient (Wildman–Crippen LogP) is 2.94. The van der Waals surface area contributed by atoms with Gasteiger partial charge in [-0.25, -0.2) is 0 Å². The summed E-state index contributed by atoms with van der Waals surface area (Å²) in [5.41, 5.74) is 8.74. The van der Waals surface area contributed by atoms with Gasteiger partial charge in [-0.2, -0.15) is 0 Å². The molecule has 0 spiro atoms. The smallest absolute Gasteiger partial charge is 0.123 e. The van der Waals surface area contributed by atoms with Crippen molar-refractivity contribution < 1.29 is 4.74 Å². The van der Waals surface area contributed by atoms with Crippen molar-refractivity contribution in [3.63, 3.8) is 0 Å². The summed E-state index contributed by atoms with van der Waals surface area (Å²) < 4.78 is 5.51. The first kappa shape index (κ1) is 16.0. The van der Waals surface area contributed by atoms with Crippen LogP contribution in [0.3, 0.4) is 0 Å². The molecular formula is C16H28N2O. The average Bonchev–Trinajstić information content (AvgIpc) is 2.26. The summed E-state index contributed by atoms with van der Waals surface area (Å²) in [6.45, 7) is 8.69. The van der Waals surface area contributed by atoms with Crippen LogP contribution in [-0.2, 0) is 5.41 Å². The highest BCUT2D eigenvalue weighted by atomic mass is 16.5. The minimum absolute atomic E-state index is 0.0409. The molecule has 0 saturated heterocycles. The fourth-order valence-electron chi connectivity index (χ4n) is 2.46. The molecule has 2 N–H and O–H groups in total. The van der Waals surface area contributed by atoms with Gasteiger partial charge in [0.1, 0.15) is 5.75 Å². The molecule has 0 fully saturated rings. The number of likely N-dealkylation sites (N-methyl/N-ethyl adjacent to an activating group) is 1. The quantitative estimate of drug-likeness (QED) is 0.908. The maximum Gasteiger partial charge on any atom is 0.123 e. The van der Waals surface area contributed by atoms with Gasteiger partial charge in [-0.1, -0.05) is 26.8 Å². The summed E-state index contributed by atoms with van der Waals surface area (Å²) >= 11 is 0. The normalized spacial score (nSPS) is 15.4. The number of rotatable bonds is 4. The van der Waals surface area contributed by atoms with Crippen molar-refractivity contribution in [3.8, 4) is 5.75 Å². The summed E-state index contributed by atoms with van der Waals surface area (Å²) in [6.07, 6.45) is 0. The Bertz CT molecular complexity index is 411. The summed E-state index contributed by atoms with van der Waals surface area (Å²) in [4.78, 5) is 2.15. The first-order chi connectivity index (χ1) is 8.68. The molecule has 0 aliphatic rings. The average molecular weight is 264 g/mol. The van der Waals surface area contributed by atoms with Gasteiger partial charge in [-0.05, 0) is 44.1 Å². The molecule has 0 aliphatic heterocycles. The fraction of sp³-hybridized carbons (Fsp3) is 0.625. The third-order valence-electron chi connectivity index (χ3n) is 3.47. The lowest BCUT2D eigenvalue weighted by molar-refractivity contribution is 0.257. The molecule has 2 unspecified atom stereocenters. The Morgan fingerprint density at radius 3 is 2.16 bits per heavy atom. The molecule has 0 amide bonds. The van der Waals surface area contributed by atoms with Gasteiger partial charge in [-0.15, -0.1) is 0 Å². The number of hydrogen-bond acceptors (Lipinski definition) is 3. The highest BCUT2D eigenvalue weighted by molar-refractivity contribution is 5.42. The predicted molar refractivity (Wildman–Crippen MR) is 81.8 cm³/mol. The van der Waals surface area contributed by atoms with E-state index in [0.717, 1.165) is 11.3 Å². The zero-order valence-electron chi connectivity index (χ0n) is 13.3. The van der Waals surface area contributed by atoms with E-state index in [1.807, 2.05) is 6.92 Å². The van der Waals surface area contributed by atoms with Crippen molar-refractivity contribution in [1.82, 2.24) is 4.90 Å². The zero-order chi connectivity index (χ0) is 14.8. The van der Waals surface area contributed by atoms with Crippen molar-refractivity contribution in [3.05, 3.63) is 29.3 Å². The molecule has 0 radical (unpaired) electrons. The van der Waals surface area contributed by atoms with E-state index in [4.69, 9.17) is 10.5 Å². The number of hydrogen-bond donors (Lipinski definition) is 1. The Morgan fingerprint density at radius 2 is 1.79 bits per heavy atom. The van der Waals surface area contributed by atoms with E-state index >= 15 is 0 Å². The zero-order valence-corrected chi connectivity index (χ0v) is 13.3. The molecule has 0 bridgehead atoms. The summed E-state index contributed by atoms with van der Waals surface area (Å²) in [7, 11) is 5.82. The van der Waals surface area contributed by atoms with E-state index in [2.05, 4.69) is 58.0 Å². The van der Waals surface area contributed by atoms with Gasteiger partial charge < -0.3 is 15.4 Å². The molecule has 108 valence electrons. The summed E-state index contributed by atoms with van der Waals surface area (Å²) in [5, 5.41) is 0. The lowest BCUT2D eigenvalue weighted by Gasteiger charge is -2.31. The molecule has 3 heteroatoms. The minimum atomic E-state index is 0.0409. The molecule has 0 heterocycles. The Hall–Kier alpha value is -1.06. The van der Waals surface area contributed by atoms with Crippen LogP contribution in [0.25, 0.3) is 0 Å². The van der Waals surface area contributed by atoms with Crippen LogP contribution in [-0.4, -0.2) is 32.1 Å². The van der Waals surface area contributed by atoms with Gasteiger partial charge in [0, 0.05) is 11.6 Å². The summed E-state index contributed by atoms with van der Waals surface area (Å²) in [5.74, 6) is 0.906. The van der Waals surface area contributed by atoms with Crippen molar-refractivity contribution in [2.24, 2.45) is 5.73 Å².